The molecule has 0 amide bonds. The molecule has 1 N–H and O–H groups in total. The summed E-state index contributed by atoms with van der Waals surface area (Å²) in [6.07, 6.45) is 8.84. The molecule has 0 aliphatic carbocycles. The van der Waals surface area contributed by atoms with Crippen LogP contribution < -0.4 is 5.32 Å². The summed E-state index contributed by atoms with van der Waals surface area (Å²) in [4.78, 5) is 17.8. The summed E-state index contributed by atoms with van der Waals surface area (Å²) in [6.45, 7) is 0.628. The average molecular weight is 361 g/mol. The van der Waals surface area contributed by atoms with Gasteiger partial charge in [-0.15, -0.1) is 0 Å². The zero-order valence-electron chi connectivity index (χ0n) is 13.6. The second-order valence-corrected chi connectivity index (χ2v) is 6.39. The van der Waals surface area contributed by atoms with E-state index in [2.05, 4.69) is 15.3 Å². The molecule has 0 aliphatic rings. The quantitative estimate of drug-likeness (QED) is 0.525. The smallest absolute Gasteiger partial charge is 0.167 e. The summed E-state index contributed by atoms with van der Waals surface area (Å²) in [6, 6.07) is 9.75. The molecule has 0 bridgehead atoms. The van der Waals surface area contributed by atoms with Crippen LogP contribution in [0.1, 0.15) is 5.56 Å². The third-order valence-electron chi connectivity index (χ3n) is 4.30. The first kappa shape index (κ1) is 15.0. The fraction of sp³-hybridized carbons (Fsp3) is 0.0526. The molecule has 0 atom stereocenters. The standard InChI is InChI=1S/C19H13ClN6/c20-13-3-1-2-12(8-13)9-23-17-14-4-5-21-10-15(14)24-19-18(17)25-16-11-22-6-7-26(16)19/h1-8,10-11H,9H2,(H,23,24). The number of pyridine rings is 2. The number of hydrogen-bond acceptors (Lipinski definition) is 5. The van der Waals surface area contributed by atoms with Crippen molar-refractivity contribution >= 4 is 45.0 Å². The highest BCUT2D eigenvalue weighted by Crippen LogP contribution is 2.30. The lowest BCUT2D eigenvalue weighted by molar-refractivity contribution is 1.13. The summed E-state index contributed by atoms with van der Waals surface area (Å²) < 4.78 is 1.93. The van der Waals surface area contributed by atoms with Crippen LogP contribution in [0.25, 0.3) is 27.7 Å². The Morgan fingerprint density at radius 2 is 1.96 bits per heavy atom. The third-order valence-corrected chi connectivity index (χ3v) is 4.53. The van der Waals surface area contributed by atoms with Crippen LogP contribution in [0, 0.1) is 0 Å². The molecule has 6 nitrogen and oxygen atoms in total. The fourth-order valence-corrected chi connectivity index (χ4v) is 3.33. The highest BCUT2D eigenvalue weighted by Gasteiger charge is 2.14. The van der Waals surface area contributed by atoms with Gasteiger partial charge < -0.3 is 5.32 Å². The average Bonchev–Trinajstić information content (AvgIpc) is 3.03. The minimum atomic E-state index is 0.628. The number of hydrogen-bond donors (Lipinski definition) is 1. The van der Waals surface area contributed by atoms with E-state index in [1.807, 2.05) is 40.9 Å². The van der Waals surface area contributed by atoms with Crippen molar-refractivity contribution in [3.63, 3.8) is 0 Å². The van der Waals surface area contributed by atoms with Gasteiger partial charge in [0.1, 0.15) is 5.52 Å². The molecule has 0 unspecified atom stereocenters. The highest BCUT2D eigenvalue weighted by atomic mass is 35.5. The number of benzene rings is 1. The van der Waals surface area contributed by atoms with Crippen LogP contribution in [-0.4, -0.2) is 24.3 Å². The van der Waals surface area contributed by atoms with Gasteiger partial charge in [-0.3, -0.25) is 14.4 Å². The summed E-state index contributed by atoms with van der Waals surface area (Å²) in [5, 5.41) is 5.21. The van der Waals surface area contributed by atoms with Crippen LogP contribution in [0.3, 0.4) is 0 Å². The van der Waals surface area contributed by atoms with Crippen molar-refractivity contribution in [2.75, 3.05) is 5.32 Å². The minimum Gasteiger partial charge on any atom is -0.379 e. The maximum Gasteiger partial charge on any atom is 0.167 e. The predicted octanol–water partition coefficient (Wildman–Crippen LogP) is 4.09. The van der Waals surface area contributed by atoms with Crippen LogP contribution in [0.5, 0.6) is 0 Å². The maximum absolute atomic E-state index is 6.10. The van der Waals surface area contributed by atoms with Gasteiger partial charge in [0.25, 0.3) is 0 Å². The molecule has 1 aromatic carbocycles. The van der Waals surface area contributed by atoms with E-state index >= 15 is 0 Å². The number of aromatic nitrogens is 5. The number of anilines is 1. The van der Waals surface area contributed by atoms with E-state index in [1.165, 1.54) is 0 Å². The molecular formula is C19H13ClN6. The number of fused-ring (bicyclic) bond motifs is 4. The largest absolute Gasteiger partial charge is 0.379 e. The minimum absolute atomic E-state index is 0.628. The van der Waals surface area contributed by atoms with Gasteiger partial charge in [0.2, 0.25) is 0 Å². The summed E-state index contributed by atoms with van der Waals surface area (Å²) in [5.74, 6) is 0. The monoisotopic (exact) mass is 360 g/mol. The second-order valence-electron chi connectivity index (χ2n) is 5.95. The van der Waals surface area contributed by atoms with E-state index in [0.717, 1.165) is 44.0 Å². The van der Waals surface area contributed by atoms with Gasteiger partial charge in [0.15, 0.2) is 11.3 Å². The fourth-order valence-electron chi connectivity index (χ4n) is 3.11. The molecule has 0 radical (unpaired) electrons. The van der Waals surface area contributed by atoms with Gasteiger partial charge >= 0.3 is 0 Å². The maximum atomic E-state index is 6.10. The Morgan fingerprint density at radius 3 is 2.88 bits per heavy atom. The molecule has 5 aromatic rings. The molecule has 4 aromatic heterocycles. The lowest BCUT2D eigenvalue weighted by Crippen LogP contribution is -2.02. The zero-order chi connectivity index (χ0) is 17.5. The van der Waals surface area contributed by atoms with E-state index in [4.69, 9.17) is 21.6 Å². The number of nitrogens with zero attached hydrogens (tertiary/aromatic N) is 5. The van der Waals surface area contributed by atoms with Crippen molar-refractivity contribution in [2.45, 2.75) is 6.54 Å². The molecule has 4 heterocycles. The molecule has 26 heavy (non-hydrogen) atoms. The SMILES string of the molecule is Clc1cccc(CNc2c3ccncc3nc3c2nc2cnccn23)c1. The van der Waals surface area contributed by atoms with Crippen LogP contribution in [0.15, 0.2) is 61.3 Å². The summed E-state index contributed by atoms with van der Waals surface area (Å²) in [5.41, 5.74) is 5.16. The van der Waals surface area contributed by atoms with E-state index < -0.39 is 0 Å². The van der Waals surface area contributed by atoms with Crippen LogP contribution >= 0.6 is 11.6 Å². The molecule has 0 spiro atoms. The van der Waals surface area contributed by atoms with E-state index in [1.54, 1.807) is 24.8 Å². The van der Waals surface area contributed by atoms with Crippen molar-refractivity contribution in [1.29, 1.82) is 0 Å². The van der Waals surface area contributed by atoms with Crippen molar-refractivity contribution < 1.29 is 0 Å². The van der Waals surface area contributed by atoms with Crippen LogP contribution in [-0.2, 0) is 6.54 Å². The Hall–Kier alpha value is -3.25. The van der Waals surface area contributed by atoms with Crippen LogP contribution in [0.4, 0.5) is 5.69 Å². The van der Waals surface area contributed by atoms with Crippen LogP contribution in [0.2, 0.25) is 5.02 Å². The van der Waals surface area contributed by atoms with E-state index in [0.29, 0.717) is 6.54 Å². The first-order valence-corrected chi connectivity index (χ1v) is 8.51. The Morgan fingerprint density at radius 1 is 1.04 bits per heavy atom. The Kier molecular flexibility index (Phi) is 3.43. The summed E-state index contributed by atoms with van der Waals surface area (Å²) >= 11 is 6.10. The van der Waals surface area contributed by atoms with Gasteiger partial charge in [-0.1, -0.05) is 23.7 Å². The molecule has 0 saturated carbocycles. The van der Waals surface area contributed by atoms with Gasteiger partial charge in [0.05, 0.1) is 23.6 Å². The number of imidazole rings is 1. The van der Waals surface area contributed by atoms with Gasteiger partial charge in [0, 0.05) is 35.5 Å². The van der Waals surface area contributed by atoms with Crippen molar-refractivity contribution in [1.82, 2.24) is 24.3 Å². The van der Waals surface area contributed by atoms with Crippen molar-refractivity contribution in [3.8, 4) is 0 Å². The van der Waals surface area contributed by atoms with E-state index in [-0.39, 0.29) is 0 Å². The molecule has 0 saturated heterocycles. The second kappa shape index (κ2) is 5.93. The Bertz CT molecular complexity index is 1260. The lowest BCUT2D eigenvalue weighted by atomic mass is 10.2. The van der Waals surface area contributed by atoms with Crippen molar-refractivity contribution in [3.05, 3.63) is 71.9 Å². The van der Waals surface area contributed by atoms with Gasteiger partial charge in [-0.25, -0.2) is 9.97 Å². The molecule has 7 heteroatoms. The topological polar surface area (TPSA) is 68.0 Å². The summed E-state index contributed by atoms with van der Waals surface area (Å²) in [7, 11) is 0. The molecule has 5 rings (SSSR count). The number of rotatable bonds is 3. The van der Waals surface area contributed by atoms with Crippen molar-refractivity contribution in [2.24, 2.45) is 0 Å². The molecule has 126 valence electrons. The first-order valence-electron chi connectivity index (χ1n) is 8.13. The lowest BCUT2D eigenvalue weighted by Gasteiger charge is -2.10. The first-order chi connectivity index (χ1) is 12.8. The van der Waals surface area contributed by atoms with E-state index in [9.17, 15) is 0 Å². The normalized spacial score (nSPS) is 11.4. The Balaban J connectivity index is 1.72. The predicted molar refractivity (Wildman–Crippen MR) is 102 cm³/mol. The third kappa shape index (κ3) is 2.43. The number of halogens is 1. The molecular weight excluding hydrogens is 348 g/mol. The highest BCUT2D eigenvalue weighted by molar-refractivity contribution is 6.30. The van der Waals surface area contributed by atoms with Gasteiger partial charge in [-0.2, -0.15) is 0 Å². The van der Waals surface area contributed by atoms with Gasteiger partial charge in [-0.05, 0) is 23.8 Å². The molecule has 0 aliphatic heterocycles. The Labute approximate surface area is 153 Å². The molecule has 0 fully saturated rings. The zero-order valence-corrected chi connectivity index (χ0v) is 14.4. The number of nitrogens with one attached hydrogen (secondary N) is 1.